The van der Waals surface area contributed by atoms with Crippen LogP contribution in [0.1, 0.15) is 26.2 Å². The first-order valence-electron chi connectivity index (χ1n) is 3.98. The van der Waals surface area contributed by atoms with Crippen molar-refractivity contribution in [1.29, 1.82) is 0 Å². The summed E-state index contributed by atoms with van der Waals surface area (Å²) >= 11 is 0. The van der Waals surface area contributed by atoms with Crippen LogP contribution in [0.15, 0.2) is 0 Å². The van der Waals surface area contributed by atoms with Gasteiger partial charge < -0.3 is 5.11 Å². The molecule has 0 fully saturated rings. The van der Waals surface area contributed by atoms with Crippen LogP contribution in [0.2, 0.25) is 0 Å². The maximum Gasteiger partial charge on any atom is 0.0569 e. The number of unbranched alkanes of at least 4 members (excludes halogenated alkanes) is 2. The van der Waals surface area contributed by atoms with Gasteiger partial charge in [0.2, 0.25) is 0 Å². The number of hydrogen-bond donors (Lipinski definition) is 3. The zero-order valence-electron chi connectivity index (χ0n) is 6.69. The summed E-state index contributed by atoms with van der Waals surface area (Å²) in [5.41, 5.74) is 5.91. The zero-order chi connectivity index (χ0) is 7.66. The van der Waals surface area contributed by atoms with Crippen LogP contribution in [0.5, 0.6) is 0 Å². The van der Waals surface area contributed by atoms with Crippen molar-refractivity contribution in [3.63, 3.8) is 0 Å². The number of hydrazine groups is 1. The predicted molar refractivity (Wildman–Crippen MR) is 42.6 cm³/mol. The maximum absolute atomic E-state index is 8.37. The summed E-state index contributed by atoms with van der Waals surface area (Å²) in [4.78, 5) is 0. The lowest BCUT2D eigenvalue weighted by molar-refractivity contribution is 0.283. The lowest BCUT2D eigenvalue weighted by Gasteiger charge is -2.03. The molecule has 0 aromatic rings. The van der Waals surface area contributed by atoms with Gasteiger partial charge in [-0.2, -0.15) is 0 Å². The van der Waals surface area contributed by atoms with Gasteiger partial charge in [-0.3, -0.25) is 10.9 Å². The van der Waals surface area contributed by atoms with E-state index in [4.69, 9.17) is 5.11 Å². The molecular weight excluding hydrogens is 128 g/mol. The van der Waals surface area contributed by atoms with Gasteiger partial charge in [0.25, 0.3) is 0 Å². The van der Waals surface area contributed by atoms with Crippen LogP contribution in [0.3, 0.4) is 0 Å². The van der Waals surface area contributed by atoms with Crippen LogP contribution in [0.4, 0.5) is 0 Å². The molecule has 3 heteroatoms. The Morgan fingerprint density at radius 1 is 1.10 bits per heavy atom. The van der Waals surface area contributed by atoms with E-state index < -0.39 is 0 Å². The molecule has 0 amide bonds. The summed E-state index contributed by atoms with van der Waals surface area (Å²) in [6.07, 6.45) is 3.73. The summed E-state index contributed by atoms with van der Waals surface area (Å²) in [7, 11) is 0. The molecule has 0 radical (unpaired) electrons. The summed E-state index contributed by atoms with van der Waals surface area (Å²) < 4.78 is 0. The Morgan fingerprint density at radius 3 is 2.40 bits per heavy atom. The maximum atomic E-state index is 8.37. The molecule has 0 aromatic carbocycles. The van der Waals surface area contributed by atoms with E-state index in [2.05, 4.69) is 17.8 Å². The standard InChI is InChI=1S/C7H18N2O/c1-2-3-4-5-8-9-6-7-10/h8-10H,2-7H2,1H3. The quantitative estimate of drug-likeness (QED) is 0.356. The molecule has 0 unspecified atom stereocenters. The van der Waals surface area contributed by atoms with E-state index in [1.165, 1.54) is 19.3 Å². The van der Waals surface area contributed by atoms with E-state index in [9.17, 15) is 0 Å². The zero-order valence-corrected chi connectivity index (χ0v) is 6.69. The Bertz CT molecular complexity index is 51.6. The molecule has 0 saturated heterocycles. The van der Waals surface area contributed by atoms with Gasteiger partial charge in [-0.25, -0.2) is 0 Å². The third-order valence-corrected chi connectivity index (χ3v) is 1.27. The van der Waals surface area contributed by atoms with Gasteiger partial charge in [0, 0.05) is 13.1 Å². The number of rotatable bonds is 7. The summed E-state index contributed by atoms with van der Waals surface area (Å²) in [6, 6.07) is 0. The van der Waals surface area contributed by atoms with Crippen LogP contribution in [-0.4, -0.2) is 24.8 Å². The van der Waals surface area contributed by atoms with Gasteiger partial charge in [0.15, 0.2) is 0 Å². The Hall–Kier alpha value is -0.120. The molecule has 0 atom stereocenters. The van der Waals surface area contributed by atoms with E-state index >= 15 is 0 Å². The highest BCUT2D eigenvalue weighted by atomic mass is 16.3. The second-order valence-electron chi connectivity index (χ2n) is 2.28. The van der Waals surface area contributed by atoms with Crippen molar-refractivity contribution in [3.05, 3.63) is 0 Å². The first kappa shape index (κ1) is 9.88. The van der Waals surface area contributed by atoms with Crippen molar-refractivity contribution in [2.75, 3.05) is 19.7 Å². The smallest absolute Gasteiger partial charge is 0.0569 e. The van der Waals surface area contributed by atoms with Crippen LogP contribution in [0, 0.1) is 0 Å². The van der Waals surface area contributed by atoms with Crippen LogP contribution >= 0.6 is 0 Å². The summed E-state index contributed by atoms with van der Waals surface area (Å²) in [5.74, 6) is 0. The largest absolute Gasteiger partial charge is 0.395 e. The van der Waals surface area contributed by atoms with E-state index in [1.54, 1.807) is 0 Å². The lowest BCUT2D eigenvalue weighted by Crippen LogP contribution is -2.34. The highest BCUT2D eigenvalue weighted by Crippen LogP contribution is 1.89. The van der Waals surface area contributed by atoms with Crippen molar-refractivity contribution in [2.45, 2.75) is 26.2 Å². The van der Waals surface area contributed by atoms with Crippen molar-refractivity contribution in [3.8, 4) is 0 Å². The first-order chi connectivity index (χ1) is 4.91. The van der Waals surface area contributed by atoms with E-state index in [1.807, 2.05) is 0 Å². The molecule has 3 nitrogen and oxygen atoms in total. The molecular formula is C7H18N2O. The SMILES string of the molecule is CCCCCNNCCO. The van der Waals surface area contributed by atoms with Gasteiger partial charge in [0.1, 0.15) is 0 Å². The molecule has 0 aliphatic rings. The number of nitrogens with one attached hydrogen (secondary N) is 2. The van der Waals surface area contributed by atoms with Crippen molar-refractivity contribution in [1.82, 2.24) is 10.9 Å². The van der Waals surface area contributed by atoms with Crippen LogP contribution < -0.4 is 10.9 Å². The van der Waals surface area contributed by atoms with Crippen molar-refractivity contribution >= 4 is 0 Å². The fourth-order valence-corrected chi connectivity index (χ4v) is 0.696. The molecule has 0 bridgehead atoms. The average molecular weight is 146 g/mol. The Morgan fingerprint density at radius 2 is 1.80 bits per heavy atom. The second kappa shape index (κ2) is 8.88. The third kappa shape index (κ3) is 7.88. The van der Waals surface area contributed by atoms with Gasteiger partial charge in [-0.15, -0.1) is 0 Å². The van der Waals surface area contributed by atoms with E-state index in [-0.39, 0.29) is 6.61 Å². The molecule has 0 saturated carbocycles. The van der Waals surface area contributed by atoms with E-state index in [0.717, 1.165) is 6.54 Å². The number of hydrogen-bond acceptors (Lipinski definition) is 3. The minimum atomic E-state index is 0.195. The van der Waals surface area contributed by atoms with Gasteiger partial charge in [0.05, 0.1) is 6.61 Å². The first-order valence-corrected chi connectivity index (χ1v) is 3.98. The fraction of sp³-hybridized carbons (Fsp3) is 1.00. The third-order valence-electron chi connectivity index (χ3n) is 1.27. The Balaban J connectivity index is 2.65. The Labute approximate surface area is 62.8 Å². The lowest BCUT2D eigenvalue weighted by atomic mass is 10.2. The Kier molecular flexibility index (Phi) is 8.77. The summed E-state index contributed by atoms with van der Waals surface area (Å²) in [5, 5.41) is 8.37. The van der Waals surface area contributed by atoms with Gasteiger partial charge in [-0.1, -0.05) is 19.8 Å². The van der Waals surface area contributed by atoms with E-state index in [0.29, 0.717) is 6.54 Å². The normalized spacial score (nSPS) is 10.2. The molecule has 0 rings (SSSR count). The minimum Gasteiger partial charge on any atom is -0.395 e. The summed E-state index contributed by atoms with van der Waals surface area (Å²) in [6.45, 7) is 4.00. The molecule has 0 aliphatic heterocycles. The molecule has 0 heterocycles. The molecule has 3 N–H and O–H groups in total. The van der Waals surface area contributed by atoms with Gasteiger partial charge >= 0.3 is 0 Å². The minimum absolute atomic E-state index is 0.195. The van der Waals surface area contributed by atoms with Crippen LogP contribution in [0.25, 0.3) is 0 Å². The predicted octanol–water partition coefficient (Wildman–Crippen LogP) is 0.263. The van der Waals surface area contributed by atoms with Gasteiger partial charge in [-0.05, 0) is 6.42 Å². The second-order valence-corrected chi connectivity index (χ2v) is 2.28. The van der Waals surface area contributed by atoms with Crippen molar-refractivity contribution in [2.24, 2.45) is 0 Å². The number of aliphatic hydroxyl groups is 1. The van der Waals surface area contributed by atoms with Crippen LogP contribution in [-0.2, 0) is 0 Å². The molecule has 0 spiro atoms. The molecule has 62 valence electrons. The monoisotopic (exact) mass is 146 g/mol. The van der Waals surface area contributed by atoms with Crippen molar-refractivity contribution < 1.29 is 5.11 Å². The molecule has 10 heavy (non-hydrogen) atoms. The average Bonchev–Trinajstić information content (AvgIpc) is 1.97. The topological polar surface area (TPSA) is 44.3 Å². The fourth-order valence-electron chi connectivity index (χ4n) is 0.696. The highest BCUT2D eigenvalue weighted by Gasteiger charge is 1.84. The molecule has 0 aromatic heterocycles. The molecule has 0 aliphatic carbocycles. The number of aliphatic hydroxyl groups excluding tert-OH is 1. The highest BCUT2D eigenvalue weighted by molar-refractivity contribution is 4.42.